The average molecular weight is 235 g/mol. The van der Waals surface area contributed by atoms with Gasteiger partial charge in [-0.05, 0) is 25.7 Å². The smallest absolute Gasteiger partial charge is 0.112 e. The number of imidazole rings is 1. The van der Waals surface area contributed by atoms with Crippen LogP contribution in [0.4, 0.5) is 0 Å². The number of H-pyrrole nitrogens is 1. The Labute approximate surface area is 102 Å². The van der Waals surface area contributed by atoms with Crippen LogP contribution in [0, 0.1) is 0 Å². The SMILES string of the molecule is CCC1OCCC1c1nc2c([nH]1)CC(N)CC2. The van der Waals surface area contributed by atoms with E-state index in [1.165, 1.54) is 11.4 Å². The van der Waals surface area contributed by atoms with Gasteiger partial charge in [-0.25, -0.2) is 4.98 Å². The summed E-state index contributed by atoms with van der Waals surface area (Å²) in [7, 11) is 0. The minimum Gasteiger partial charge on any atom is -0.377 e. The minimum atomic E-state index is 0.303. The van der Waals surface area contributed by atoms with Gasteiger partial charge in [-0.15, -0.1) is 0 Å². The number of rotatable bonds is 2. The maximum absolute atomic E-state index is 5.99. The van der Waals surface area contributed by atoms with Crippen LogP contribution in [0.2, 0.25) is 0 Å². The number of aryl methyl sites for hydroxylation is 1. The van der Waals surface area contributed by atoms with Crippen molar-refractivity contribution in [3.05, 3.63) is 17.2 Å². The van der Waals surface area contributed by atoms with E-state index in [2.05, 4.69) is 11.9 Å². The Morgan fingerprint density at radius 2 is 2.35 bits per heavy atom. The van der Waals surface area contributed by atoms with E-state index in [9.17, 15) is 0 Å². The normalized spacial score (nSPS) is 32.7. The molecule has 1 fully saturated rings. The van der Waals surface area contributed by atoms with E-state index in [1.807, 2.05) is 0 Å². The molecule has 0 saturated carbocycles. The van der Waals surface area contributed by atoms with Crippen molar-refractivity contribution in [2.75, 3.05) is 6.61 Å². The van der Waals surface area contributed by atoms with Crippen LogP contribution >= 0.6 is 0 Å². The molecule has 1 aliphatic carbocycles. The summed E-state index contributed by atoms with van der Waals surface area (Å²) in [5.74, 6) is 1.59. The van der Waals surface area contributed by atoms with Gasteiger partial charge >= 0.3 is 0 Å². The molecule has 2 aliphatic rings. The molecule has 2 heterocycles. The molecule has 3 unspecified atom stereocenters. The fourth-order valence-electron chi connectivity index (χ4n) is 3.07. The topological polar surface area (TPSA) is 63.9 Å². The third kappa shape index (κ3) is 2.00. The number of hydrogen-bond donors (Lipinski definition) is 2. The Bertz CT molecular complexity index is 401. The first kappa shape index (κ1) is 11.2. The first-order valence-electron chi connectivity index (χ1n) is 6.72. The molecule has 4 heteroatoms. The van der Waals surface area contributed by atoms with Crippen LogP contribution in [0.15, 0.2) is 0 Å². The lowest BCUT2D eigenvalue weighted by Gasteiger charge is -2.16. The summed E-state index contributed by atoms with van der Waals surface area (Å²) in [6.45, 7) is 3.05. The van der Waals surface area contributed by atoms with Gasteiger partial charge in [0.15, 0.2) is 0 Å². The summed E-state index contributed by atoms with van der Waals surface area (Å²) in [4.78, 5) is 8.27. The molecule has 0 spiro atoms. The lowest BCUT2D eigenvalue weighted by atomic mass is 9.97. The zero-order valence-corrected chi connectivity index (χ0v) is 10.4. The van der Waals surface area contributed by atoms with E-state index < -0.39 is 0 Å². The van der Waals surface area contributed by atoms with Crippen LogP contribution in [0.1, 0.15) is 49.3 Å². The van der Waals surface area contributed by atoms with Crippen molar-refractivity contribution < 1.29 is 4.74 Å². The van der Waals surface area contributed by atoms with Gasteiger partial charge in [0.25, 0.3) is 0 Å². The molecule has 3 rings (SSSR count). The lowest BCUT2D eigenvalue weighted by molar-refractivity contribution is 0.0995. The number of ether oxygens (including phenoxy) is 1. The highest BCUT2D eigenvalue weighted by molar-refractivity contribution is 5.22. The Morgan fingerprint density at radius 1 is 1.47 bits per heavy atom. The average Bonchev–Trinajstić information content (AvgIpc) is 2.93. The molecule has 0 radical (unpaired) electrons. The quantitative estimate of drug-likeness (QED) is 0.816. The third-order valence-corrected chi connectivity index (χ3v) is 4.06. The Balaban J connectivity index is 1.84. The first-order valence-corrected chi connectivity index (χ1v) is 6.72. The number of hydrogen-bond acceptors (Lipinski definition) is 3. The monoisotopic (exact) mass is 235 g/mol. The summed E-state index contributed by atoms with van der Waals surface area (Å²) in [6, 6.07) is 0.303. The van der Waals surface area contributed by atoms with Crippen molar-refractivity contribution in [1.82, 2.24) is 9.97 Å². The summed E-state index contributed by atoms with van der Waals surface area (Å²) in [5, 5.41) is 0. The van der Waals surface area contributed by atoms with Gasteiger partial charge in [-0.3, -0.25) is 0 Å². The number of aromatic nitrogens is 2. The van der Waals surface area contributed by atoms with E-state index in [4.69, 9.17) is 15.5 Å². The van der Waals surface area contributed by atoms with Crippen LogP contribution in [0.3, 0.4) is 0 Å². The number of nitrogens with two attached hydrogens (primary N) is 1. The van der Waals surface area contributed by atoms with Gasteiger partial charge in [-0.1, -0.05) is 6.92 Å². The highest BCUT2D eigenvalue weighted by Gasteiger charge is 2.32. The number of fused-ring (bicyclic) bond motifs is 1. The Kier molecular flexibility index (Phi) is 2.92. The lowest BCUT2D eigenvalue weighted by Crippen LogP contribution is -2.27. The van der Waals surface area contributed by atoms with E-state index in [-0.39, 0.29) is 0 Å². The van der Waals surface area contributed by atoms with Gasteiger partial charge in [0.05, 0.1) is 11.8 Å². The maximum atomic E-state index is 5.99. The van der Waals surface area contributed by atoms with Gasteiger partial charge in [0.2, 0.25) is 0 Å². The Hall–Kier alpha value is -0.870. The number of nitrogens with zero attached hydrogens (tertiary/aromatic N) is 1. The fourth-order valence-corrected chi connectivity index (χ4v) is 3.07. The van der Waals surface area contributed by atoms with Crippen molar-refractivity contribution in [3.8, 4) is 0 Å². The van der Waals surface area contributed by atoms with Crippen LogP contribution in [0.25, 0.3) is 0 Å². The van der Waals surface area contributed by atoms with Crippen LogP contribution in [-0.4, -0.2) is 28.7 Å². The van der Waals surface area contributed by atoms with Gasteiger partial charge in [0, 0.05) is 30.7 Å². The molecule has 0 aromatic carbocycles. The number of aromatic amines is 1. The first-order chi connectivity index (χ1) is 8.28. The molecule has 1 aliphatic heterocycles. The molecule has 17 heavy (non-hydrogen) atoms. The van der Waals surface area contributed by atoms with E-state index in [0.29, 0.717) is 18.1 Å². The zero-order chi connectivity index (χ0) is 11.8. The standard InChI is InChI=1S/C13H21N3O/c1-2-12-9(5-6-17-12)13-15-10-4-3-8(14)7-11(10)16-13/h8-9,12H,2-7,14H2,1H3,(H,15,16). The number of nitrogens with one attached hydrogen (secondary N) is 1. The molecule has 1 aromatic rings. The van der Waals surface area contributed by atoms with E-state index in [1.54, 1.807) is 0 Å². The molecule has 1 aromatic heterocycles. The molecule has 0 bridgehead atoms. The largest absolute Gasteiger partial charge is 0.377 e. The van der Waals surface area contributed by atoms with Crippen molar-refractivity contribution in [2.45, 2.75) is 57.1 Å². The zero-order valence-electron chi connectivity index (χ0n) is 10.4. The Morgan fingerprint density at radius 3 is 3.18 bits per heavy atom. The van der Waals surface area contributed by atoms with E-state index in [0.717, 1.165) is 44.5 Å². The molecule has 3 N–H and O–H groups in total. The fraction of sp³-hybridized carbons (Fsp3) is 0.769. The van der Waals surface area contributed by atoms with Crippen molar-refractivity contribution in [3.63, 3.8) is 0 Å². The maximum Gasteiger partial charge on any atom is 0.112 e. The second-order valence-corrected chi connectivity index (χ2v) is 5.26. The van der Waals surface area contributed by atoms with Gasteiger partial charge < -0.3 is 15.5 Å². The summed E-state index contributed by atoms with van der Waals surface area (Å²) in [5.41, 5.74) is 8.50. The summed E-state index contributed by atoms with van der Waals surface area (Å²) >= 11 is 0. The molecule has 1 saturated heterocycles. The molecular formula is C13H21N3O. The van der Waals surface area contributed by atoms with Gasteiger partial charge in [-0.2, -0.15) is 0 Å². The second-order valence-electron chi connectivity index (χ2n) is 5.26. The predicted octanol–water partition coefficient (Wildman–Crippen LogP) is 1.51. The van der Waals surface area contributed by atoms with Crippen molar-refractivity contribution >= 4 is 0 Å². The van der Waals surface area contributed by atoms with Crippen LogP contribution in [0.5, 0.6) is 0 Å². The van der Waals surface area contributed by atoms with Crippen LogP contribution in [-0.2, 0) is 17.6 Å². The summed E-state index contributed by atoms with van der Waals surface area (Å²) in [6.07, 6.45) is 5.54. The third-order valence-electron chi connectivity index (χ3n) is 4.06. The molecule has 3 atom stereocenters. The minimum absolute atomic E-state index is 0.303. The predicted molar refractivity (Wildman–Crippen MR) is 66.0 cm³/mol. The van der Waals surface area contributed by atoms with Crippen molar-refractivity contribution in [1.29, 1.82) is 0 Å². The van der Waals surface area contributed by atoms with Crippen molar-refractivity contribution in [2.24, 2.45) is 5.73 Å². The van der Waals surface area contributed by atoms with Crippen LogP contribution < -0.4 is 5.73 Å². The highest BCUT2D eigenvalue weighted by atomic mass is 16.5. The summed E-state index contributed by atoms with van der Waals surface area (Å²) < 4.78 is 5.74. The molecule has 4 nitrogen and oxygen atoms in total. The van der Waals surface area contributed by atoms with E-state index >= 15 is 0 Å². The molecule has 94 valence electrons. The van der Waals surface area contributed by atoms with Gasteiger partial charge in [0.1, 0.15) is 5.82 Å². The highest BCUT2D eigenvalue weighted by Crippen LogP contribution is 2.32. The second kappa shape index (κ2) is 4.42. The molecule has 0 amide bonds. The molecular weight excluding hydrogens is 214 g/mol.